The third kappa shape index (κ3) is 2.28. The van der Waals surface area contributed by atoms with Gasteiger partial charge >= 0.3 is 0 Å². The van der Waals surface area contributed by atoms with E-state index in [9.17, 15) is 4.79 Å². The van der Waals surface area contributed by atoms with E-state index >= 15 is 0 Å². The van der Waals surface area contributed by atoms with Gasteiger partial charge in [0.2, 0.25) is 6.41 Å². The Hall–Kier alpha value is -2.28. The summed E-state index contributed by atoms with van der Waals surface area (Å²) in [5, 5.41) is 2.62. The number of carbonyl (C=O) groups is 1. The zero-order valence-corrected chi connectivity index (χ0v) is 9.39. The second kappa shape index (κ2) is 5.17. The number of fused-ring (bicyclic) bond motifs is 1. The Morgan fingerprint density at radius 2 is 2.29 bits per heavy atom. The van der Waals surface area contributed by atoms with Gasteiger partial charge in [0.15, 0.2) is 0 Å². The van der Waals surface area contributed by atoms with Gasteiger partial charge in [-0.05, 0) is 12.1 Å². The molecule has 2 aromatic rings. The number of nitrogens with one attached hydrogen (secondary N) is 1. The van der Waals surface area contributed by atoms with Crippen molar-refractivity contribution in [2.75, 3.05) is 6.54 Å². The minimum atomic E-state index is 0.497. The van der Waals surface area contributed by atoms with Gasteiger partial charge in [-0.25, -0.2) is 4.98 Å². The molecule has 1 aromatic carbocycles. The van der Waals surface area contributed by atoms with E-state index in [4.69, 9.17) is 6.42 Å². The van der Waals surface area contributed by atoms with Crippen LogP contribution in [0.3, 0.4) is 0 Å². The summed E-state index contributed by atoms with van der Waals surface area (Å²) in [6.07, 6.45) is 6.73. The highest BCUT2D eigenvalue weighted by molar-refractivity contribution is 5.76. The standard InChI is InChI=1S/C13H13N3O/c1-2-9-16-12-6-4-3-5-11(12)15-13(16)7-8-14-10-17/h1,3-6,10H,7-9H2,(H,14,17). The fraction of sp³-hybridized carbons (Fsp3) is 0.231. The first-order valence-corrected chi connectivity index (χ1v) is 5.41. The van der Waals surface area contributed by atoms with Crippen LogP contribution in [0.1, 0.15) is 5.82 Å². The Morgan fingerprint density at radius 3 is 3.06 bits per heavy atom. The van der Waals surface area contributed by atoms with E-state index in [0.717, 1.165) is 16.9 Å². The van der Waals surface area contributed by atoms with Gasteiger partial charge in [0.1, 0.15) is 5.82 Å². The van der Waals surface area contributed by atoms with Crippen molar-refractivity contribution in [3.05, 3.63) is 30.1 Å². The monoisotopic (exact) mass is 227 g/mol. The van der Waals surface area contributed by atoms with Crippen molar-refractivity contribution < 1.29 is 4.79 Å². The largest absolute Gasteiger partial charge is 0.358 e. The molecular formula is C13H13N3O. The molecule has 0 radical (unpaired) electrons. The molecule has 1 heterocycles. The van der Waals surface area contributed by atoms with Crippen molar-refractivity contribution in [2.24, 2.45) is 0 Å². The lowest BCUT2D eigenvalue weighted by molar-refractivity contribution is -0.109. The van der Waals surface area contributed by atoms with Crippen LogP contribution in [0.5, 0.6) is 0 Å². The first kappa shape index (κ1) is 11.2. The van der Waals surface area contributed by atoms with E-state index in [1.807, 2.05) is 28.8 Å². The fourth-order valence-corrected chi connectivity index (χ4v) is 1.83. The second-order valence-corrected chi connectivity index (χ2v) is 3.63. The lowest BCUT2D eigenvalue weighted by Gasteiger charge is -2.04. The van der Waals surface area contributed by atoms with Crippen molar-refractivity contribution in [3.63, 3.8) is 0 Å². The molecule has 4 nitrogen and oxygen atoms in total. The molecule has 0 saturated carbocycles. The summed E-state index contributed by atoms with van der Waals surface area (Å²) in [5.41, 5.74) is 1.97. The molecule has 0 unspecified atom stereocenters. The normalized spacial score (nSPS) is 10.1. The van der Waals surface area contributed by atoms with E-state index in [1.54, 1.807) is 0 Å². The maximum atomic E-state index is 10.2. The number of aromatic nitrogens is 2. The Bertz CT molecular complexity index is 566. The average Bonchev–Trinajstić information content (AvgIpc) is 2.69. The number of nitrogens with zero attached hydrogens (tertiary/aromatic N) is 2. The van der Waals surface area contributed by atoms with Crippen molar-refractivity contribution in [3.8, 4) is 12.3 Å². The lowest BCUT2D eigenvalue weighted by atomic mass is 10.3. The molecule has 0 fully saturated rings. The van der Waals surface area contributed by atoms with Gasteiger partial charge in [-0.2, -0.15) is 0 Å². The summed E-state index contributed by atoms with van der Waals surface area (Å²) in [6.45, 7) is 1.06. The number of amides is 1. The quantitative estimate of drug-likeness (QED) is 0.470. The maximum Gasteiger partial charge on any atom is 0.207 e. The van der Waals surface area contributed by atoms with Crippen LogP contribution in [0.25, 0.3) is 11.0 Å². The fourth-order valence-electron chi connectivity index (χ4n) is 1.83. The third-order valence-corrected chi connectivity index (χ3v) is 2.56. The van der Waals surface area contributed by atoms with E-state index in [1.165, 1.54) is 0 Å². The van der Waals surface area contributed by atoms with E-state index in [0.29, 0.717) is 25.9 Å². The summed E-state index contributed by atoms with van der Waals surface area (Å²) < 4.78 is 2.00. The van der Waals surface area contributed by atoms with Crippen molar-refractivity contribution in [1.82, 2.24) is 14.9 Å². The number of hydrogen-bond donors (Lipinski definition) is 1. The highest BCUT2D eigenvalue weighted by Crippen LogP contribution is 2.15. The molecule has 4 heteroatoms. The molecule has 1 N–H and O–H groups in total. The van der Waals surface area contributed by atoms with Crippen molar-refractivity contribution in [1.29, 1.82) is 0 Å². The average molecular weight is 227 g/mol. The van der Waals surface area contributed by atoms with Gasteiger partial charge in [0.05, 0.1) is 17.6 Å². The third-order valence-electron chi connectivity index (χ3n) is 2.56. The van der Waals surface area contributed by atoms with Crippen LogP contribution in [-0.2, 0) is 17.8 Å². The summed E-state index contributed by atoms with van der Waals surface area (Å²) >= 11 is 0. The molecule has 1 amide bonds. The Morgan fingerprint density at radius 1 is 1.47 bits per heavy atom. The highest BCUT2D eigenvalue weighted by atomic mass is 16.1. The predicted molar refractivity (Wildman–Crippen MR) is 66.3 cm³/mol. The molecule has 0 bridgehead atoms. The van der Waals surface area contributed by atoms with Crippen LogP contribution < -0.4 is 5.32 Å². The van der Waals surface area contributed by atoms with Crippen LogP contribution in [0, 0.1) is 12.3 Å². The van der Waals surface area contributed by atoms with E-state index in [2.05, 4.69) is 16.2 Å². The van der Waals surface area contributed by atoms with Gasteiger partial charge in [0.25, 0.3) is 0 Å². The molecule has 1 aromatic heterocycles. The summed E-state index contributed by atoms with van der Waals surface area (Å²) in [6, 6.07) is 7.86. The predicted octanol–water partition coefficient (Wildman–Crippen LogP) is 0.958. The van der Waals surface area contributed by atoms with Gasteiger partial charge < -0.3 is 9.88 Å². The maximum absolute atomic E-state index is 10.2. The summed E-state index contributed by atoms with van der Waals surface area (Å²) in [7, 11) is 0. The number of hydrogen-bond acceptors (Lipinski definition) is 2. The molecule has 0 aliphatic heterocycles. The number of imidazole rings is 1. The highest BCUT2D eigenvalue weighted by Gasteiger charge is 2.08. The smallest absolute Gasteiger partial charge is 0.207 e. The van der Waals surface area contributed by atoms with Gasteiger partial charge in [-0.1, -0.05) is 18.1 Å². The van der Waals surface area contributed by atoms with Crippen LogP contribution in [0.15, 0.2) is 24.3 Å². The Balaban J connectivity index is 2.36. The molecule has 0 aliphatic carbocycles. The molecule has 0 spiro atoms. The second-order valence-electron chi connectivity index (χ2n) is 3.63. The molecule has 86 valence electrons. The molecule has 0 aliphatic rings. The van der Waals surface area contributed by atoms with E-state index < -0.39 is 0 Å². The number of carbonyl (C=O) groups excluding carboxylic acids is 1. The minimum absolute atomic E-state index is 0.497. The van der Waals surface area contributed by atoms with Crippen LogP contribution in [0.2, 0.25) is 0 Å². The van der Waals surface area contributed by atoms with Gasteiger partial charge in [-0.3, -0.25) is 4.79 Å². The molecule has 17 heavy (non-hydrogen) atoms. The molecule has 0 saturated heterocycles. The Labute approximate surface area is 99.7 Å². The topological polar surface area (TPSA) is 46.9 Å². The van der Waals surface area contributed by atoms with Crippen LogP contribution in [0.4, 0.5) is 0 Å². The van der Waals surface area contributed by atoms with Gasteiger partial charge in [-0.15, -0.1) is 6.42 Å². The minimum Gasteiger partial charge on any atom is -0.358 e. The first-order valence-electron chi connectivity index (χ1n) is 5.41. The number of terminal acetylenes is 1. The van der Waals surface area contributed by atoms with E-state index in [-0.39, 0.29) is 0 Å². The molecular weight excluding hydrogens is 214 g/mol. The SMILES string of the molecule is C#CCn1c(CCNC=O)nc2ccccc21. The number of para-hydroxylation sites is 2. The number of rotatable bonds is 5. The van der Waals surface area contributed by atoms with Crippen molar-refractivity contribution in [2.45, 2.75) is 13.0 Å². The summed E-state index contributed by atoms with van der Waals surface area (Å²) in [5.74, 6) is 3.53. The lowest BCUT2D eigenvalue weighted by Crippen LogP contribution is -2.16. The summed E-state index contributed by atoms with van der Waals surface area (Å²) in [4.78, 5) is 14.7. The zero-order valence-electron chi connectivity index (χ0n) is 9.39. The van der Waals surface area contributed by atoms with Crippen molar-refractivity contribution >= 4 is 17.4 Å². The van der Waals surface area contributed by atoms with Gasteiger partial charge in [0, 0.05) is 13.0 Å². The Kier molecular flexibility index (Phi) is 3.41. The zero-order chi connectivity index (χ0) is 12.1. The van der Waals surface area contributed by atoms with Crippen LogP contribution >= 0.6 is 0 Å². The number of benzene rings is 1. The molecule has 2 rings (SSSR count). The van der Waals surface area contributed by atoms with Crippen LogP contribution in [-0.4, -0.2) is 22.5 Å². The first-order chi connectivity index (χ1) is 8.36. The molecule has 0 atom stereocenters.